The third kappa shape index (κ3) is 1.63. The lowest BCUT2D eigenvalue weighted by molar-refractivity contribution is 0.247. The van der Waals surface area contributed by atoms with E-state index in [0.717, 1.165) is 16.9 Å². The molecule has 3 rings (SSSR count). The van der Waals surface area contributed by atoms with E-state index in [-0.39, 0.29) is 6.03 Å². The normalized spacial score (nSPS) is 14.1. The molecule has 2 heterocycles. The fraction of sp³-hybridized carbons (Fsp3) is 0.0769. The number of urea groups is 1. The van der Waals surface area contributed by atoms with E-state index in [0.29, 0.717) is 6.54 Å². The van der Waals surface area contributed by atoms with Crippen molar-refractivity contribution in [3.63, 3.8) is 0 Å². The van der Waals surface area contributed by atoms with Crippen LogP contribution in [0.25, 0.3) is 0 Å². The molecule has 0 saturated heterocycles. The lowest BCUT2D eigenvalue weighted by atomic mass is 10.1. The average Bonchev–Trinajstić information content (AvgIpc) is 2.39. The number of carbonyl (C=O) groups is 1. The van der Waals surface area contributed by atoms with Crippen LogP contribution < -0.4 is 10.2 Å². The first-order chi connectivity index (χ1) is 8.36. The van der Waals surface area contributed by atoms with Gasteiger partial charge in [0.1, 0.15) is 0 Å². The number of hydrogen-bond acceptors (Lipinski definition) is 2. The summed E-state index contributed by atoms with van der Waals surface area (Å²) in [5.74, 6) is 0. The minimum atomic E-state index is -0.114. The highest BCUT2D eigenvalue weighted by atomic mass is 16.2. The van der Waals surface area contributed by atoms with Gasteiger partial charge in [-0.25, -0.2) is 4.79 Å². The number of aromatic nitrogens is 1. The Kier molecular flexibility index (Phi) is 2.26. The van der Waals surface area contributed by atoms with Crippen LogP contribution in [0.2, 0.25) is 0 Å². The molecule has 2 aromatic rings. The molecule has 1 N–H and O–H groups in total. The minimum absolute atomic E-state index is 0.114. The summed E-state index contributed by atoms with van der Waals surface area (Å²) < 4.78 is 0. The Morgan fingerprint density at radius 3 is 2.82 bits per heavy atom. The fourth-order valence-corrected chi connectivity index (χ4v) is 1.96. The van der Waals surface area contributed by atoms with Gasteiger partial charge in [-0.05, 0) is 23.8 Å². The summed E-state index contributed by atoms with van der Waals surface area (Å²) in [5.41, 5.74) is 2.77. The first-order valence-corrected chi connectivity index (χ1v) is 5.42. The summed E-state index contributed by atoms with van der Waals surface area (Å²) in [7, 11) is 0. The molecule has 0 spiro atoms. The van der Waals surface area contributed by atoms with Gasteiger partial charge in [0.25, 0.3) is 0 Å². The molecule has 1 aromatic carbocycles. The second-order valence-corrected chi connectivity index (χ2v) is 3.83. The molecule has 4 heteroatoms. The van der Waals surface area contributed by atoms with Gasteiger partial charge in [-0.15, -0.1) is 0 Å². The van der Waals surface area contributed by atoms with E-state index in [1.165, 1.54) is 0 Å². The first-order valence-electron chi connectivity index (χ1n) is 5.42. The van der Waals surface area contributed by atoms with E-state index in [4.69, 9.17) is 0 Å². The molecule has 0 fully saturated rings. The van der Waals surface area contributed by atoms with E-state index in [1.54, 1.807) is 17.3 Å². The summed E-state index contributed by atoms with van der Waals surface area (Å²) >= 11 is 0. The van der Waals surface area contributed by atoms with E-state index in [9.17, 15) is 4.79 Å². The Morgan fingerprint density at radius 2 is 2.00 bits per heavy atom. The van der Waals surface area contributed by atoms with E-state index in [1.807, 2.05) is 36.4 Å². The Balaban J connectivity index is 2.13. The molecule has 0 aliphatic carbocycles. The lowest BCUT2D eigenvalue weighted by Crippen LogP contribution is -2.41. The Bertz CT molecular complexity index is 554. The highest BCUT2D eigenvalue weighted by molar-refractivity contribution is 6.01. The standard InChI is InChI=1S/C13H11N3O/c17-13-15-8-10-6-7-14-9-12(10)16(13)11-4-2-1-3-5-11/h1-7,9H,8H2,(H,15,17). The average molecular weight is 225 g/mol. The maximum atomic E-state index is 11.9. The SMILES string of the molecule is O=C1NCc2ccncc2N1c1ccccc1. The number of amides is 2. The van der Waals surface area contributed by atoms with Gasteiger partial charge in [0, 0.05) is 12.7 Å². The summed E-state index contributed by atoms with van der Waals surface area (Å²) in [6, 6.07) is 11.4. The topological polar surface area (TPSA) is 45.2 Å². The molecule has 0 atom stereocenters. The largest absolute Gasteiger partial charge is 0.333 e. The quantitative estimate of drug-likeness (QED) is 0.810. The molecule has 0 bridgehead atoms. The van der Waals surface area contributed by atoms with Crippen LogP contribution in [0.5, 0.6) is 0 Å². The molecule has 2 amide bonds. The van der Waals surface area contributed by atoms with E-state index in [2.05, 4.69) is 10.3 Å². The summed E-state index contributed by atoms with van der Waals surface area (Å²) in [4.78, 5) is 17.7. The van der Waals surface area contributed by atoms with Gasteiger partial charge in [-0.1, -0.05) is 18.2 Å². The predicted octanol–water partition coefficient (Wildman–Crippen LogP) is 2.44. The lowest BCUT2D eigenvalue weighted by Gasteiger charge is -2.29. The Morgan fingerprint density at radius 1 is 1.18 bits per heavy atom. The number of para-hydroxylation sites is 1. The zero-order valence-corrected chi connectivity index (χ0v) is 9.13. The van der Waals surface area contributed by atoms with Crippen molar-refractivity contribution < 1.29 is 4.79 Å². The van der Waals surface area contributed by atoms with Crippen LogP contribution in [-0.4, -0.2) is 11.0 Å². The van der Waals surface area contributed by atoms with Crippen LogP contribution >= 0.6 is 0 Å². The summed E-state index contributed by atoms with van der Waals surface area (Å²) in [5, 5.41) is 2.85. The number of carbonyl (C=O) groups excluding carboxylic acids is 1. The molecular weight excluding hydrogens is 214 g/mol. The number of hydrogen-bond donors (Lipinski definition) is 1. The number of nitrogens with zero attached hydrogens (tertiary/aromatic N) is 2. The molecule has 1 aliphatic heterocycles. The van der Waals surface area contributed by atoms with Gasteiger partial charge in [0.15, 0.2) is 0 Å². The predicted molar refractivity (Wildman–Crippen MR) is 65.1 cm³/mol. The molecule has 4 nitrogen and oxygen atoms in total. The van der Waals surface area contributed by atoms with Crippen molar-refractivity contribution >= 4 is 17.4 Å². The van der Waals surface area contributed by atoms with Crippen molar-refractivity contribution in [3.8, 4) is 0 Å². The number of fused-ring (bicyclic) bond motifs is 1. The second-order valence-electron chi connectivity index (χ2n) is 3.83. The van der Waals surface area contributed by atoms with Crippen molar-refractivity contribution in [1.82, 2.24) is 10.3 Å². The number of pyridine rings is 1. The maximum absolute atomic E-state index is 11.9. The fourth-order valence-electron chi connectivity index (χ4n) is 1.96. The minimum Gasteiger partial charge on any atom is -0.333 e. The molecule has 84 valence electrons. The zero-order chi connectivity index (χ0) is 11.7. The highest BCUT2D eigenvalue weighted by Crippen LogP contribution is 2.30. The summed E-state index contributed by atoms with van der Waals surface area (Å²) in [6.07, 6.45) is 3.46. The molecule has 17 heavy (non-hydrogen) atoms. The first kappa shape index (κ1) is 9.84. The number of rotatable bonds is 1. The molecule has 0 saturated carbocycles. The smallest absolute Gasteiger partial charge is 0.326 e. The Hall–Kier alpha value is -2.36. The molecule has 1 aromatic heterocycles. The van der Waals surface area contributed by atoms with Crippen LogP contribution in [0.3, 0.4) is 0 Å². The van der Waals surface area contributed by atoms with Crippen LogP contribution in [0.1, 0.15) is 5.56 Å². The molecule has 0 radical (unpaired) electrons. The van der Waals surface area contributed by atoms with E-state index >= 15 is 0 Å². The van der Waals surface area contributed by atoms with Gasteiger partial charge in [-0.2, -0.15) is 0 Å². The third-order valence-corrected chi connectivity index (χ3v) is 2.78. The van der Waals surface area contributed by atoms with Crippen LogP contribution in [0, 0.1) is 0 Å². The number of benzene rings is 1. The number of anilines is 2. The van der Waals surface area contributed by atoms with E-state index < -0.39 is 0 Å². The molecule has 1 aliphatic rings. The van der Waals surface area contributed by atoms with Gasteiger partial charge >= 0.3 is 6.03 Å². The number of nitrogens with one attached hydrogen (secondary N) is 1. The maximum Gasteiger partial charge on any atom is 0.326 e. The zero-order valence-electron chi connectivity index (χ0n) is 9.13. The van der Waals surface area contributed by atoms with Crippen molar-refractivity contribution in [3.05, 3.63) is 54.4 Å². The molecule has 0 unspecified atom stereocenters. The molecular formula is C13H11N3O. The van der Waals surface area contributed by atoms with Crippen LogP contribution in [0.15, 0.2) is 48.8 Å². The van der Waals surface area contributed by atoms with Gasteiger partial charge in [-0.3, -0.25) is 9.88 Å². The van der Waals surface area contributed by atoms with Crippen molar-refractivity contribution in [2.45, 2.75) is 6.54 Å². The third-order valence-electron chi connectivity index (χ3n) is 2.78. The van der Waals surface area contributed by atoms with Crippen molar-refractivity contribution in [1.29, 1.82) is 0 Å². The second kappa shape index (κ2) is 3.90. The van der Waals surface area contributed by atoms with Gasteiger partial charge in [0.2, 0.25) is 0 Å². The van der Waals surface area contributed by atoms with Crippen molar-refractivity contribution in [2.75, 3.05) is 4.90 Å². The van der Waals surface area contributed by atoms with Gasteiger partial charge < -0.3 is 5.32 Å². The van der Waals surface area contributed by atoms with Crippen molar-refractivity contribution in [2.24, 2.45) is 0 Å². The monoisotopic (exact) mass is 225 g/mol. The van der Waals surface area contributed by atoms with Gasteiger partial charge in [0.05, 0.1) is 17.6 Å². The summed E-state index contributed by atoms with van der Waals surface area (Å²) in [6.45, 7) is 0.556. The highest BCUT2D eigenvalue weighted by Gasteiger charge is 2.24. The van der Waals surface area contributed by atoms with Crippen LogP contribution in [-0.2, 0) is 6.54 Å². The van der Waals surface area contributed by atoms with Crippen LogP contribution in [0.4, 0.5) is 16.2 Å². The Labute approximate surface area is 98.9 Å².